The van der Waals surface area contributed by atoms with Crippen LogP contribution >= 0.6 is 0 Å². The number of carboxylic acid groups (broad SMARTS) is 1. The normalized spacial score (nSPS) is 13.0. The Morgan fingerprint density at radius 3 is 2.38 bits per heavy atom. The second-order valence-corrected chi connectivity index (χ2v) is 6.41. The Kier molecular flexibility index (Phi) is 5.38. The van der Waals surface area contributed by atoms with E-state index in [0.29, 0.717) is 5.56 Å². The minimum atomic E-state index is -0.840. The predicted molar refractivity (Wildman–Crippen MR) is 89.4 cm³/mol. The molecule has 116 valence electrons. The van der Waals surface area contributed by atoms with Crippen LogP contribution in [0.1, 0.15) is 79.6 Å². The van der Waals surface area contributed by atoms with Crippen molar-refractivity contribution < 1.29 is 9.90 Å². The zero-order valence-corrected chi connectivity index (χ0v) is 14.2. The van der Waals surface area contributed by atoms with E-state index in [2.05, 4.69) is 41.2 Å². The van der Waals surface area contributed by atoms with Gasteiger partial charge in [-0.2, -0.15) is 0 Å². The second-order valence-electron chi connectivity index (χ2n) is 6.41. The van der Waals surface area contributed by atoms with Crippen LogP contribution < -0.4 is 0 Å². The Bertz CT molecular complexity index is 553. The molecule has 0 heterocycles. The van der Waals surface area contributed by atoms with Gasteiger partial charge in [0.25, 0.3) is 0 Å². The van der Waals surface area contributed by atoms with Crippen LogP contribution in [0.3, 0.4) is 0 Å². The molecule has 1 unspecified atom stereocenters. The molecule has 0 aliphatic carbocycles. The summed E-state index contributed by atoms with van der Waals surface area (Å²) in [7, 11) is 0. The molecule has 1 atom stereocenters. The number of rotatable bonds is 6. The van der Waals surface area contributed by atoms with Gasteiger partial charge in [-0.15, -0.1) is 6.58 Å². The molecule has 0 aromatic heterocycles. The second kappa shape index (κ2) is 6.46. The first-order chi connectivity index (χ1) is 9.71. The number of aromatic carboxylic acids is 1. The van der Waals surface area contributed by atoms with E-state index >= 15 is 0 Å². The molecule has 2 nitrogen and oxygen atoms in total. The van der Waals surface area contributed by atoms with Crippen LogP contribution in [0.4, 0.5) is 0 Å². The predicted octanol–water partition coefficient (Wildman–Crippen LogP) is 5.23. The Balaban J connectivity index is 3.85. The summed E-state index contributed by atoms with van der Waals surface area (Å²) in [5.41, 5.74) is 4.86. The molecule has 0 fully saturated rings. The Morgan fingerprint density at radius 2 is 2.00 bits per heavy atom. The fourth-order valence-corrected chi connectivity index (χ4v) is 2.92. The van der Waals surface area contributed by atoms with Crippen molar-refractivity contribution in [1.29, 1.82) is 0 Å². The van der Waals surface area contributed by atoms with Crippen LogP contribution in [-0.4, -0.2) is 11.1 Å². The monoisotopic (exact) mass is 288 g/mol. The van der Waals surface area contributed by atoms with Crippen LogP contribution in [0, 0.1) is 6.92 Å². The lowest BCUT2D eigenvalue weighted by molar-refractivity contribution is 0.0695. The third kappa shape index (κ3) is 3.20. The standard InChI is InChI=1S/C19H28O2/c1-8-12(4)17-14(9-2)13(5)15(18(20)21)11-16(17)19(6,7)10-3/h8,11-12H,1,9-10H2,2-7H3,(H,20,21). The van der Waals surface area contributed by atoms with E-state index in [-0.39, 0.29) is 11.3 Å². The Morgan fingerprint density at radius 1 is 1.43 bits per heavy atom. The highest BCUT2D eigenvalue weighted by Gasteiger charge is 2.28. The zero-order chi connectivity index (χ0) is 16.4. The summed E-state index contributed by atoms with van der Waals surface area (Å²) in [4.78, 5) is 11.6. The first kappa shape index (κ1) is 17.5. The molecule has 1 aromatic carbocycles. The minimum Gasteiger partial charge on any atom is -0.478 e. The van der Waals surface area contributed by atoms with Crippen molar-refractivity contribution in [1.82, 2.24) is 0 Å². The Labute approximate surface area is 128 Å². The number of hydrogen-bond donors (Lipinski definition) is 1. The molecular weight excluding hydrogens is 260 g/mol. The smallest absolute Gasteiger partial charge is 0.335 e. The quantitative estimate of drug-likeness (QED) is 0.727. The summed E-state index contributed by atoms with van der Waals surface area (Å²) in [5.74, 6) is -0.615. The lowest BCUT2D eigenvalue weighted by Crippen LogP contribution is -2.22. The van der Waals surface area contributed by atoms with Crippen molar-refractivity contribution in [3.8, 4) is 0 Å². The van der Waals surface area contributed by atoms with E-state index in [4.69, 9.17) is 0 Å². The lowest BCUT2D eigenvalue weighted by atomic mass is 9.73. The molecule has 0 saturated carbocycles. The summed E-state index contributed by atoms with van der Waals surface area (Å²) >= 11 is 0. The highest BCUT2D eigenvalue weighted by molar-refractivity contribution is 5.90. The highest BCUT2D eigenvalue weighted by atomic mass is 16.4. The van der Waals surface area contributed by atoms with E-state index < -0.39 is 5.97 Å². The molecule has 1 N–H and O–H groups in total. The Hall–Kier alpha value is -1.57. The van der Waals surface area contributed by atoms with Crippen LogP contribution in [0.15, 0.2) is 18.7 Å². The first-order valence-electron chi connectivity index (χ1n) is 7.73. The highest BCUT2D eigenvalue weighted by Crippen LogP contribution is 2.38. The van der Waals surface area contributed by atoms with Crippen LogP contribution in [0.5, 0.6) is 0 Å². The van der Waals surface area contributed by atoms with Gasteiger partial charge in [-0.25, -0.2) is 4.79 Å². The van der Waals surface area contributed by atoms with E-state index in [9.17, 15) is 9.90 Å². The molecule has 0 amide bonds. The topological polar surface area (TPSA) is 37.3 Å². The van der Waals surface area contributed by atoms with Gasteiger partial charge in [-0.3, -0.25) is 0 Å². The van der Waals surface area contributed by atoms with Crippen LogP contribution in [0.2, 0.25) is 0 Å². The van der Waals surface area contributed by atoms with Gasteiger partial charge in [0.15, 0.2) is 0 Å². The van der Waals surface area contributed by atoms with E-state index in [0.717, 1.165) is 24.0 Å². The molecular formula is C19H28O2. The van der Waals surface area contributed by atoms with Gasteiger partial charge in [0, 0.05) is 0 Å². The summed E-state index contributed by atoms with van der Waals surface area (Å²) < 4.78 is 0. The maximum atomic E-state index is 11.6. The lowest BCUT2D eigenvalue weighted by Gasteiger charge is -2.31. The van der Waals surface area contributed by atoms with Crippen molar-refractivity contribution in [2.45, 2.75) is 65.7 Å². The van der Waals surface area contributed by atoms with Gasteiger partial charge < -0.3 is 5.11 Å². The number of allylic oxidation sites excluding steroid dienone is 1. The molecule has 1 rings (SSSR count). The molecule has 0 radical (unpaired) electrons. The molecule has 0 spiro atoms. The van der Waals surface area contributed by atoms with Crippen molar-refractivity contribution in [2.24, 2.45) is 0 Å². The number of carboxylic acids is 1. The van der Waals surface area contributed by atoms with E-state index in [1.807, 2.05) is 19.1 Å². The van der Waals surface area contributed by atoms with Gasteiger partial charge in [0.1, 0.15) is 0 Å². The summed E-state index contributed by atoms with van der Waals surface area (Å²) in [5, 5.41) is 9.52. The molecule has 2 heteroatoms. The summed E-state index contributed by atoms with van der Waals surface area (Å²) in [6.45, 7) is 16.6. The molecule has 1 aromatic rings. The SMILES string of the molecule is C=CC(C)c1c(C(C)(C)CC)cc(C(=O)O)c(C)c1CC. The summed E-state index contributed by atoms with van der Waals surface area (Å²) in [6, 6.07) is 1.88. The van der Waals surface area contributed by atoms with Gasteiger partial charge in [0.05, 0.1) is 5.56 Å². The van der Waals surface area contributed by atoms with Crippen molar-refractivity contribution in [3.05, 3.63) is 46.5 Å². The van der Waals surface area contributed by atoms with Crippen molar-refractivity contribution in [3.63, 3.8) is 0 Å². The molecule has 0 saturated heterocycles. The van der Waals surface area contributed by atoms with Gasteiger partial charge in [-0.05, 0) is 59.4 Å². The van der Waals surface area contributed by atoms with Gasteiger partial charge in [-0.1, -0.05) is 40.7 Å². The van der Waals surface area contributed by atoms with Gasteiger partial charge in [0.2, 0.25) is 0 Å². The molecule has 0 bridgehead atoms. The molecule has 0 aliphatic heterocycles. The third-order valence-electron chi connectivity index (χ3n) is 4.77. The van der Waals surface area contributed by atoms with Crippen LogP contribution in [-0.2, 0) is 11.8 Å². The maximum absolute atomic E-state index is 11.6. The number of carbonyl (C=O) groups is 1. The minimum absolute atomic E-state index is 0.0472. The summed E-state index contributed by atoms with van der Waals surface area (Å²) in [6.07, 6.45) is 3.76. The largest absolute Gasteiger partial charge is 0.478 e. The average Bonchev–Trinajstić information content (AvgIpc) is 2.45. The maximum Gasteiger partial charge on any atom is 0.335 e. The van der Waals surface area contributed by atoms with Crippen LogP contribution in [0.25, 0.3) is 0 Å². The zero-order valence-electron chi connectivity index (χ0n) is 14.2. The van der Waals surface area contributed by atoms with E-state index in [1.165, 1.54) is 11.1 Å². The van der Waals surface area contributed by atoms with Crippen molar-refractivity contribution >= 4 is 5.97 Å². The van der Waals surface area contributed by atoms with Crippen molar-refractivity contribution in [2.75, 3.05) is 0 Å². The average molecular weight is 288 g/mol. The molecule has 0 aliphatic rings. The molecule has 21 heavy (non-hydrogen) atoms. The van der Waals surface area contributed by atoms with E-state index in [1.54, 1.807) is 0 Å². The number of benzene rings is 1. The fraction of sp³-hybridized carbons (Fsp3) is 0.526. The number of hydrogen-bond acceptors (Lipinski definition) is 1. The third-order valence-corrected chi connectivity index (χ3v) is 4.77. The van der Waals surface area contributed by atoms with Gasteiger partial charge >= 0.3 is 5.97 Å². The first-order valence-corrected chi connectivity index (χ1v) is 7.73. The fourth-order valence-electron chi connectivity index (χ4n) is 2.92.